The fourth-order valence-electron chi connectivity index (χ4n) is 2.03. The number of amides is 2. The van der Waals surface area contributed by atoms with Crippen molar-refractivity contribution in [3.05, 3.63) is 18.2 Å². The number of ether oxygens (including phenoxy) is 1. The van der Waals surface area contributed by atoms with Crippen LogP contribution in [0.15, 0.2) is 18.2 Å². The topological polar surface area (TPSA) is 93.5 Å². The van der Waals surface area contributed by atoms with E-state index >= 15 is 0 Å². The zero-order chi connectivity index (χ0) is 14.5. The summed E-state index contributed by atoms with van der Waals surface area (Å²) in [7, 11) is 0. The maximum absolute atomic E-state index is 11.9. The van der Waals surface area contributed by atoms with E-state index in [4.69, 9.17) is 10.5 Å². The van der Waals surface area contributed by atoms with Gasteiger partial charge in [-0.3, -0.25) is 9.59 Å². The number of anilines is 2. The highest BCUT2D eigenvalue weighted by atomic mass is 16.5. The Hall–Kier alpha value is -2.08. The Morgan fingerprint density at radius 2 is 2.35 bits per heavy atom. The van der Waals surface area contributed by atoms with Gasteiger partial charge in [0.25, 0.3) is 5.91 Å². The summed E-state index contributed by atoms with van der Waals surface area (Å²) < 4.78 is 5.25. The Morgan fingerprint density at radius 3 is 3.05 bits per heavy atom. The second-order valence-corrected chi connectivity index (χ2v) is 4.81. The molecule has 0 spiro atoms. The first kappa shape index (κ1) is 14.3. The largest absolute Gasteiger partial charge is 0.482 e. The van der Waals surface area contributed by atoms with E-state index in [2.05, 4.69) is 10.6 Å². The van der Waals surface area contributed by atoms with Gasteiger partial charge in [0.2, 0.25) is 5.91 Å². The quantitative estimate of drug-likeness (QED) is 0.757. The van der Waals surface area contributed by atoms with E-state index in [0.717, 1.165) is 6.42 Å². The van der Waals surface area contributed by atoms with Gasteiger partial charge in [-0.25, -0.2) is 0 Å². The summed E-state index contributed by atoms with van der Waals surface area (Å²) in [4.78, 5) is 23.1. The van der Waals surface area contributed by atoms with E-state index < -0.39 is 0 Å². The molecule has 2 rings (SSSR count). The highest BCUT2D eigenvalue weighted by Gasteiger charge is 2.17. The van der Waals surface area contributed by atoms with Gasteiger partial charge < -0.3 is 21.1 Å². The number of rotatable bonds is 5. The standard InChI is InChI=1S/C14H19N3O3/c1-2-9(7-15)5-13(18)16-10-3-4-12-11(6-10)17-14(19)8-20-12/h3-4,6,9H,2,5,7-8,15H2,1H3,(H,16,18)(H,17,19). The highest BCUT2D eigenvalue weighted by Crippen LogP contribution is 2.30. The summed E-state index contributed by atoms with van der Waals surface area (Å²) in [6.45, 7) is 2.53. The maximum atomic E-state index is 11.9. The first-order chi connectivity index (χ1) is 9.62. The minimum absolute atomic E-state index is 0.0212. The Balaban J connectivity index is 2.01. The van der Waals surface area contributed by atoms with Gasteiger partial charge in [0.05, 0.1) is 5.69 Å². The predicted molar refractivity (Wildman–Crippen MR) is 76.6 cm³/mol. The van der Waals surface area contributed by atoms with Crippen LogP contribution in [0, 0.1) is 5.92 Å². The highest BCUT2D eigenvalue weighted by molar-refractivity contribution is 5.97. The summed E-state index contributed by atoms with van der Waals surface area (Å²) in [5, 5.41) is 5.51. The van der Waals surface area contributed by atoms with Crippen LogP contribution in [0.25, 0.3) is 0 Å². The van der Waals surface area contributed by atoms with Crippen LogP contribution in [0.1, 0.15) is 19.8 Å². The summed E-state index contributed by atoms with van der Waals surface area (Å²) in [5.41, 5.74) is 6.79. The van der Waals surface area contributed by atoms with Crippen LogP contribution in [0.4, 0.5) is 11.4 Å². The third-order valence-electron chi connectivity index (χ3n) is 3.28. The average molecular weight is 277 g/mol. The smallest absolute Gasteiger partial charge is 0.262 e. The van der Waals surface area contributed by atoms with Gasteiger partial charge in [0, 0.05) is 12.1 Å². The van der Waals surface area contributed by atoms with Crippen LogP contribution in [0.3, 0.4) is 0 Å². The van der Waals surface area contributed by atoms with E-state index in [9.17, 15) is 9.59 Å². The van der Waals surface area contributed by atoms with Crippen molar-refractivity contribution >= 4 is 23.2 Å². The molecule has 1 aromatic rings. The molecule has 0 saturated heterocycles. The molecule has 1 aliphatic rings. The van der Waals surface area contributed by atoms with Gasteiger partial charge >= 0.3 is 0 Å². The van der Waals surface area contributed by atoms with Crippen molar-refractivity contribution in [1.29, 1.82) is 0 Å². The van der Waals surface area contributed by atoms with E-state index in [1.165, 1.54) is 0 Å². The third kappa shape index (κ3) is 3.48. The summed E-state index contributed by atoms with van der Waals surface area (Å²) >= 11 is 0. The number of carbonyl (C=O) groups excluding carboxylic acids is 2. The molecule has 0 aliphatic carbocycles. The fourth-order valence-corrected chi connectivity index (χ4v) is 2.03. The Kier molecular flexibility index (Phi) is 4.57. The minimum atomic E-state index is -0.199. The molecule has 0 aromatic heterocycles. The number of hydrogen-bond acceptors (Lipinski definition) is 4. The molecular formula is C14H19N3O3. The molecule has 0 fully saturated rings. The molecule has 1 unspecified atom stereocenters. The summed E-state index contributed by atoms with van der Waals surface area (Å²) in [6, 6.07) is 5.16. The molecule has 1 aromatic carbocycles. The van der Waals surface area contributed by atoms with Crippen LogP contribution in [0.2, 0.25) is 0 Å². The van der Waals surface area contributed by atoms with Crippen LogP contribution in [-0.2, 0) is 9.59 Å². The molecule has 6 heteroatoms. The number of nitrogens with two attached hydrogens (primary N) is 1. The van der Waals surface area contributed by atoms with Gasteiger partial charge in [0.15, 0.2) is 6.61 Å². The first-order valence-electron chi connectivity index (χ1n) is 6.69. The molecule has 1 heterocycles. The van der Waals surface area contributed by atoms with Crippen molar-refractivity contribution in [3.8, 4) is 5.75 Å². The van der Waals surface area contributed by atoms with Crippen LogP contribution >= 0.6 is 0 Å². The maximum Gasteiger partial charge on any atom is 0.262 e. The van der Waals surface area contributed by atoms with Gasteiger partial charge in [-0.05, 0) is 30.7 Å². The second-order valence-electron chi connectivity index (χ2n) is 4.81. The molecule has 108 valence electrons. The lowest BCUT2D eigenvalue weighted by Crippen LogP contribution is -2.25. The van der Waals surface area contributed by atoms with Gasteiger partial charge in [-0.15, -0.1) is 0 Å². The van der Waals surface area contributed by atoms with Crippen LogP contribution in [-0.4, -0.2) is 25.0 Å². The van der Waals surface area contributed by atoms with Crippen molar-refractivity contribution in [2.75, 3.05) is 23.8 Å². The lowest BCUT2D eigenvalue weighted by atomic mass is 10.0. The van der Waals surface area contributed by atoms with Crippen molar-refractivity contribution in [2.45, 2.75) is 19.8 Å². The molecule has 0 bridgehead atoms. The van der Waals surface area contributed by atoms with Gasteiger partial charge in [-0.1, -0.05) is 13.3 Å². The van der Waals surface area contributed by atoms with Crippen molar-refractivity contribution in [1.82, 2.24) is 0 Å². The number of hydrogen-bond donors (Lipinski definition) is 3. The normalized spacial score (nSPS) is 14.8. The molecule has 6 nitrogen and oxygen atoms in total. The Labute approximate surface area is 117 Å². The predicted octanol–water partition coefficient (Wildman–Crippen LogP) is 1.33. The van der Waals surface area contributed by atoms with E-state index in [-0.39, 0.29) is 24.3 Å². The summed E-state index contributed by atoms with van der Waals surface area (Å²) in [5.74, 6) is 0.520. The lowest BCUT2D eigenvalue weighted by Gasteiger charge is -2.19. The zero-order valence-electron chi connectivity index (χ0n) is 11.4. The molecule has 20 heavy (non-hydrogen) atoms. The van der Waals surface area contributed by atoms with E-state index in [0.29, 0.717) is 30.1 Å². The van der Waals surface area contributed by atoms with Gasteiger partial charge in [0.1, 0.15) is 5.75 Å². The molecule has 1 aliphatic heterocycles. The molecule has 0 saturated carbocycles. The summed E-state index contributed by atoms with van der Waals surface area (Å²) in [6.07, 6.45) is 1.27. The Bertz CT molecular complexity index is 512. The minimum Gasteiger partial charge on any atom is -0.482 e. The lowest BCUT2D eigenvalue weighted by molar-refractivity contribution is -0.118. The van der Waals surface area contributed by atoms with Crippen molar-refractivity contribution in [3.63, 3.8) is 0 Å². The number of fused-ring (bicyclic) bond motifs is 1. The van der Waals surface area contributed by atoms with E-state index in [1.807, 2.05) is 6.92 Å². The second kappa shape index (κ2) is 6.38. The van der Waals surface area contributed by atoms with Crippen LogP contribution < -0.4 is 21.1 Å². The monoisotopic (exact) mass is 277 g/mol. The molecule has 2 amide bonds. The van der Waals surface area contributed by atoms with E-state index in [1.54, 1.807) is 18.2 Å². The average Bonchev–Trinajstić information content (AvgIpc) is 2.44. The van der Waals surface area contributed by atoms with Crippen LogP contribution in [0.5, 0.6) is 5.75 Å². The third-order valence-corrected chi connectivity index (χ3v) is 3.28. The number of nitrogens with one attached hydrogen (secondary N) is 2. The molecule has 1 atom stereocenters. The van der Waals surface area contributed by atoms with Gasteiger partial charge in [-0.2, -0.15) is 0 Å². The Morgan fingerprint density at radius 1 is 1.55 bits per heavy atom. The molecular weight excluding hydrogens is 258 g/mol. The molecule has 4 N–H and O–H groups in total. The number of carbonyl (C=O) groups is 2. The molecule has 0 radical (unpaired) electrons. The zero-order valence-corrected chi connectivity index (χ0v) is 11.4. The fraction of sp³-hybridized carbons (Fsp3) is 0.429. The SMILES string of the molecule is CCC(CN)CC(=O)Nc1ccc2c(c1)NC(=O)CO2. The first-order valence-corrected chi connectivity index (χ1v) is 6.69. The van der Waals surface area contributed by atoms with Crippen molar-refractivity contribution in [2.24, 2.45) is 11.7 Å². The number of benzene rings is 1. The van der Waals surface area contributed by atoms with Crippen molar-refractivity contribution < 1.29 is 14.3 Å².